The maximum atomic E-state index is 12.4. The van der Waals surface area contributed by atoms with Crippen molar-refractivity contribution < 1.29 is 13.2 Å². The van der Waals surface area contributed by atoms with Crippen molar-refractivity contribution in [3.05, 3.63) is 59.7 Å². The molecule has 0 spiro atoms. The third-order valence-corrected chi connectivity index (χ3v) is 4.87. The van der Waals surface area contributed by atoms with Gasteiger partial charge in [0.05, 0.1) is 16.5 Å². The van der Waals surface area contributed by atoms with Gasteiger partial charge < -0.3 is 5.32 Å². The molecular formula is C18H19N3O3S. The van der Waals surface area contributed by atoms with E-state index in [2.05, 4.69) is 10.0 Å². The summed E-state index contributed by atoms with van der Waals surface area (Å²) in [5.74, 6) is -0.386. The fourth-order valence-corrected chi connectivity index (χ4v) is 3.57. The summed E-state index contributed by atoms with van der Waals surface area (Å²) >= 11 is 0. The number of hydrogen-bond acceptors (Lipinski definition) is 4. The summed E-state index contributed by atoms with van der Waals surface area (Å²) in [5, 5.41) is 11.4. The molecule has 6 nitrogen and oxygen atoms in total. The quantitative estimate of drug-likeness (QED) is 0.879. The number of amides is 1. The van der Waals surface area contributed by atoms with Gasteiger partial charge in [-0.3, -0.25) is 4.79 Å². The van der Waals surface area contributed by atoms with Crippen LogP contribution in [0, 0.1) is 11.3 Å². The minimum atomic E-state index is -3.69. The van der Waals surface area contributed by atoms with Crippen LogP contribution in [-0.4, -0.2) is 19.9 Å². The van der Waals surface area contributed by atoms with Gasteiger partial charge in [0.1, 0.15) is 0 Å². The molecule has 25 heavy (non-hydrogen) atoms. The third-order valence-electron chi connectivity index (χ3n) is 3.12. The lowest BCUT2D eigenvalue weighted by atomic mass is 10.1. The number of nitrogens with zero attached hydrogens (tertiary/aromatic N) is 1. The monoisotopic (exact) mass is 357 g/mol. The average molecular weight is 357 g/mol. The molecule has 0 radical (unpaired) electrons. The van der Waals surface area contributed by atoms with Crippen LogP contribution in [0.1, 0.15) is 36.7 Å². The van der Waals surface area contributed by atoms with Crippen LogP contribution < -0.4 is 10.0 Å². The minimum Gasteiger partial charge on any atom is -0.322 e. The first-order chi connectivity index (χ1) is 11.6. The smallest absolute Gasteiger partial charge is 0.255 e. The Balaban J connectivity index is 2.21. The normalized spacial score (nSPS) is 11.6. The van der Waals surface area contributed by atoms with Crippen LogP contribution in [0.3, 0.4) is 0 Å². The van der Waals surface area contributed by atoms with E-state index in [-0.39, 0.29) is 10.8 Å². The van der Waals surface area contributed by atoms with Crippen LogP contribution in [0.2, 0.25) is 0 Å². The van der Waals surface area contributed by atoms with Gasteiger partial charge in [-0.2, -0.15) is 5.26 Å². The lowest BCUT2D eigenvalue weighted by Gasteiger charge is -2.20. The maximum Gasteiger partial charge on any atom is 0.255 e. The van der Waals surface area contributed by atoms with E-state index in [4.69, 9.17) is 5.26 Å². The number of nitriles is 1. The van der Waals surface area contributed by atoms with Crippen molar-refractivity contribution in [2.45, 2.75) is 31.2 Å². The van der Waals surface area contributed by atoms with Crippen molar-refractivity contribution in [3.8, 4) is 6.07 Å². The second-order valence-electron chi connectivity index (χ2n) is 6.53. The number of hydrogen-bond donors (Lipinski definition) is 2. The van der Waals surface area contributed by atoms with Gasteiger partial charge in [0.2, 0.25) is 10.0 Å². The van der Waals surface area contributed by atoms with Crippen molar-refractivity contribution in [1.82, 2.24) is 4.72 Å². The average Bonchev–Trinajstić information content (AvgIpc) is 2.53. The summed E-state index contributed by atoms with van der Waals surface area (Å²) in [6.07, 6.45) is 0. The maximum absolute atomic E-state index is 12.4. The zero-order valence-electron chi connectivity index (χ0n) is 14.2. The Morgan fingerprint density at radius 3 is 2.28 bits per heavy atom. The molecule has 0 aliphatic rings. The van der Waals surface area contributed by atoms with Gasteiger partial charge in [0, 0.05) is 16.8 Å². The molecule has 2 aromatic carbocycles. The zero-order chi connectivity index (χ0) is 18.7. The van der Waals surface area contributed by atoms with Gasteiger partial charge in [0.15, 0.2) is 0 Å². The number of benzene rings is 2. The van der Waals surface area contributed by atoms with E-state index < -0.39 is 15.6 Å². The minimum absolute atomic E-state index is 0.0695. The van der Waals surface area contributed by atoms with Gasteiger partial charge in [-0.25, -0.2) is 13.1 Å². The fraction of sp³-hybridized carbons (Fsp3) is 0.222. The molecule has 7 heteroatoms. The van der Waals surface area contributed by atoms with Crippen molar-refractivity contribution in [3.63, 3.8) is 0 Å². The predicted molar refractivity (Wildman–Crippen MR) is 95.6 cm³/mol. The van der Waals surface area contributed by atoms with Crippen molar-refractivity contribution >= 4 is 21.6 Å². The highest BCUT2D eigenvalue weighted by Gasteiger charge is 2.22. The highest BCUT2D eigenvalue weighted by Crippen LogP contribution is 2.18. The van der Waals surface area contributed by atoms with E-state index in [0.717, 1.165) is 0 Å². The number of rotatable bonds is 4. The molecule has 0 saturated heterocycles. The Morgan fingerprint density at radius 1 is 1.08 bits per heavy atom. The molecule has 0 bridgehead atoms. The van der Waals surface area contributed by atoms with Gasteiger partial charge >= 0.3 is 0 Å². The largest absolute Gasteiger partial charge is 0.322 e. The molecule has 2 rings (SSSR count). The number of anilines is 1. The molecule has 0 saturated carbocycles. The summed E-state index contributed by atoms with van der Waals surface area (Å²) in [5.41, 5.74) is 0.588. The van der Waals surface area contributed by atoms with Crippen LogP contribution >= 0.6 is 0 Å². The van der Waals surface area contributed by atoms with Gasteiger partial charge in [-0.1, -0.05) is 6.07 Å². The van der Waals surface area contributed by atoms with E-state index >= 15 is 0 Å². The number of nitrogens with one attached hydrogen (secondary N) is 2. The highest BCUT2D eigenvalue weighted by atomic mass is 32.2. The summed E-state index contributed by atoms with van der Waals surface area (Å²) < 4.78 is 27.3. The topological polar surface area (TPSA) is 99.1 Å². The van der Waals surface area contributed by atoms with Crippen LogP contribution in [0.15, 0.2) is 53.4 Å². The standard InChI is InChI=1S/C18H19N3O3S/c1-18(2,3)21-25(23,24)16-6-4-5-15(11-16)20-17(22)14-9-7-13(12-19)8-10-14/h4-11,21H,1-3H3,(H,20,22). The lowest BCUT2D eigenvalue weighted by molar-refractivity contribution is 0.102. The van der Waals surface area contributed by atoms with E-state index in [0.29, 0.717) is 16.8 Å². The molecule has 130 valence electrons. The van der Waals surface area contributed by atoms with E-state index in [1.165, 1.54) is 24.3 Å². The molecule has 0 fully saturated rings. The highest BCUT2D eigenvalue weighted by molar-refractivity contribution is 7.89. The SMILES string of the molecule is CC(C)(C)NS(=O)(=O)c1cccc(NC(=O)c2ccc(C#N)cc2)c1. The predicted octanol–water partition coefficient (Wildman–Crippen LogP) is 2.89. The Morgan fingerprint density at radius 2 is 1.72 bits per heavy atom. The first-order valence-corrected chi connectivity index (χ1v) is 9.05. The van der Waals surface area contributed by atoms with Crippen LogP contribution in [0.25, 0.3) is 0 Å². The number of sulfonamides is 1. The summed E-state index contributed by atoms with van der Waals surface area (Å²) in [7, 11) is -3.69. The number of carbonyl (C=O) groups is 1. The molecule has 0 heterocycles. The fourth-order valence-electron chi connectivity index (χ4n) is 2.10. The lowest BCUT2D eigenvalue weighted by Crippen LogP contribution is -2.40. The van der Waals surface area contributed by atoms with E-state index in [9.17, 15) is 13.2 Å². The van der Waals surface area contributed by atoms with Gasteiger partial charge in [-0.15, -0.1) is 0 Å². The first-order valence-electron chi connectivity index (χ1n) is 7.56. The second kappa shape index (κ2) is 7.05. The first kappa shape index (κ1) is 18.6. The molecule has 0 atom stereocenters. The third kappa shape index (κ3) is 5.14. The molecule has 1 amide bonds. The van der Waals surface area contributed by atoms with Crippen molar-refractivity contribution in [2.24, 2.45) is 0 Å². The van der Waals surface area contributed by atoms with Crippen LogP contribution in [-0.2, 0) is 10.0 Å². The molecule has 0 aliphatic carbocycles. The summed E-state index contributed by atoms with van der Waals surface area (Å²) in [6, 6.07) is 14.2. The Labute approximate surface area is 147 Å². The molecule has 0 aliphatic heterocycles. The van der Waals surface area contributed by atoms with Gasteiger partial charge in [-0.05, 0) is 63.2 Å². The van der Waals surface area contributed by atoms with Crippen LogP contribution in [0.4, 0.5) is 5.69 Å². The molecule has 0 aromatic heterocycles. The molecule has 2 aromatic rings. The number of carbonyl (C=O) groups excluding carboxylic acids is 1. The van der Waals surface area contributed by atoms with Crippen molar-refractivity contribution in [1.29, 1.82) is 5.26 Å². The Kier molecular flexibility index (Phi) is 5.26. The Bertz CT molecular complexity index is 921. The molecule has 0 unspecified atom stereocenters. The molecule has 2 N–H and O–H groups in total. The summed E-state index contributed by atoms with van der Waals surface area (Å²) in [4.78, 5) is 12.3. The van der Waals surface area contributed by atoms with E-state index in [1.54, 1.807) is 45.0 Å². The van der Waals surface area contributed by atoms with E-state index in [1.807, 2.05) is 6.07 Å². The van der Waals surface area contributed by atoms with Gasteiger partial charge in [0.25, 0.3) is 5.91 Å². The zero-order valence-corrected chi connectivity index (χ0v) is 15.0. The Hall–Kier alpha value is -2.69. The van der Waals surface area contributed by atoms with Crippen LogP contribution in [0.5, 0.6) is 0 Å². The summed E-state index contributed by atoms with van der Waals surface area (Å²) in [6.45, 7) is 5.25. The van der Waals surface area contributed by atoms with Crippen molar-refractivity contribution in [2.75, 3.05) is 5.32 Å². The molecular weight excluding hydrogens is 338 g/mol. The second-order valence-corrected chi connectivity index (χ2v) is 8.21.